The summed E-state index contributed by atoms with van der Waals surface area (Å²) >= 11 is 0. The molecular formula is C23H26N4O5. The molecule has 0 aliphatic heterocycles. The molecule has 0 atom stereocenters. The Hall–Kier alpha value is -3.88. The summed E-state index contributed by atoms with van der Waals surface area (Å²) < 4.78 is 12.0. The minimum atomic E-state index is -0.201. The number of carbonyl (C=O) groups excluding carboxylic acids is 2. The van der Waals surface area contributed by atoms with Gasteiger partial charge in [-0.25, -0.2) is 4.98 Å². The number of hydrogen-bond acceptors (Lipinski definition) is 6. The second-order valence-electron chi connectivity index (χ2n) is 7.12. The number of aromatic nitrogens is 2. The number of aryl methyl sites for hydroxylation is 1. The van der Waals surface area contributed by atoms with Crippen molar-refractivity contribution >= 4 is 22.7 Å². The van der Waals surface area contributed by atoms with Crippen LogP contribution in [0.5, 0.6) is 11.5 Å². The second kappa shape index (κ2) is 10.4. The largest absolute Gasteiger partial charge is 0.493 e. The number of fused-ring (bicyclic) bond motifs is 1. The van der Waals surface area contributed by atoms with E-state index >= 15 is 0 Å². The first kappa shape index (κ1) is 22.8. The second-order valence-corrected chi connectivity index (χ2v) is 7.12. The van der Waals surface area contributed by atoms with Crippen molar-refractivity contribution in [3.63, 3.8) is 0 Å². The fraction of sp³-hybridized carbons (Fsp3) is 0.304. The third-order valence-corrected chi connectivity index (χ3v) is 5.07. The van der Waals surface area contributed by atoms with Gasteiger partial charge in [0, 0.05) is 38.2 Å². The predicted molar refractivity (Wildman–Crippen MR) is 120 cm³/mol. The highest BCUT2D eigenvalue weighted by atomic mass is 16.5. The molecule has 0 spiro atoms. The Labute approximate surface area is 185 Å². The molecule has 0 saturated carbocycles. The van der Waals surface area contributed by atoms with Gasteiger partial charge in [0.25, 0.3) is 11.5 Å². The highest BCUT2D eigenvalue weighted by molar-refractivity contribution is 5.93. The minimum absolute atomic E-state index is 0.117. The molecule has 0 unspecified atom stereocenters. The van der Waals surface area contributed by atoms with E-state index in [1.165, 1.54) is 25.1 Å². The number of carbonyl (C=O) groups is 2. The fourth-order valence-corrected chi connectivity index (χ4v) is 3.26. The van der Waals surface area contributed by atoms with Gasteiger partial charge in [-0.1, -0.05) is 12.1 Å². The molecule has 32 heavy (non-hydrogen) atoms. The van der Waals surface area contributed by atoms with Crippen molar-refractivity contribution in [3.05, 3.63) is 64.2 Å². The van der Waals surface area contributed by atoms with Crippen LogP contribution in [0.15, 0.2) is 47.5 Å². The van der Waals surface area contributed by atoms with Gasteiger partial charge in [-0.3, -0.25) is 19.0 Å². The lowest BCUT2D eigenvalue weighted by molar-refractivity contribution is -0.121. The Balaban J connectivity index is 1.55. The zero-order valence-electron chi connectivity index (χ0n) is 18.3. The van der Waals surface area contributed by atoms with Gasteiger partial charge in [0.2, 0.25) is 5.91 Å². The van der Waals surface area contributed by atoms with E-state index in [9.17, 15) is 14.4 Å². The van der Waals surface area contributed by atoms with Crippen LogP contribution in [-0.4, -0.2) is 42.6 Å². The predicted octanol–water partition coefficient (Wildman–Crippen LogP) is 1.87. The number of rotatable bonds is 9. The molecule has 3 rings (SSSR count). The summed E-state index contributed by atoms with van der Waals surface area (Å²) in [4.78, 5) is 40.8. The number of benzene rings is 2. The maximum Gasteiger partial charge on any atom is 0.261 e. The van der Waals surface area contributed by atoms with E-state index in [-0.39, 0.29) is 23.8 Å². The number of amides is 2. The van der Waals surface area contributed by atoms with E-state index in [0.717, 1.165) is 5.56 Å². The molecule has 9 heteroatoms. The molecule has 0 aliphatic carbocycles. The van der Waals surface area contributed by atoms with Gasteiger partial charge in [0.05, 0.1) is 31.4 Å². The van der Waals surface area contributed by atoms with E-state index in [0.29, 0.717) is 47.5 Å². The van der Waals surface area contributed by atoms with Gasteiger partial charge >= 0.3 is 0 Å². The summed E-state index contributed by atoms with van der Waals surface area (Å²) in [5, 5.41) is 5.84. The summed E-state index contributed by atoms with van der Waals surface area (Å²) in [5.74, 6) is 0.689. The summed E-state index contributed by atoms with van der Waals surface area (Å²) in [6, 6.07) is 10.3. The maximum atomic E-state index is 12.8. The van der Waals surface area contributed by atoms with Crippen molar-refractivity contribution in [2.24, 2.45) is 0 Å². The summed E-state index contributed by atoms with van der Waals surface area (Å²) in [5.41, 5.74) is 1.77. The number of ether oxygens (including phenoxy) is 2. The number of nitrogens with zero attached hydrogens (tertiary/aromatic N) is 2. The van der Waals surface area contributed by atoms with Crippen molar-refractivity contribution in [3.8, 4) is 11.5 Å². The maximum absolute atomic E-state index is 12.8. The van der Waals surface area contributed by atoms with Gasteiger partial charge in [-0.05, 0) is 30.2 Å². The Kier molecular flexibility index (Phi) is 7.43. The summed E-state index contributed by atoms with van der Waals surface area (Å²) in [6.07, 6.45) is 2.23. The van der Waals surface area contributed by atoms with Crippen molar-refractivity contribution in [2.45, 2.75) is 25.9 Å². The van der Waals surface area contributed by atoms with E-state index in [2.05, 4.69) is 15.6 Å². The smallest absolute Gasteiger partial charge is 0.261 e. The van der Waals surface area contributed by atoms with E-state index in [1.54, 1.807) is 43.4 Å². The van der Waals surface area contributed by atoms with Crippen LogP contribution in [-0.2, 0) is 17.9 Å². The quantitative estimate of drug-likeness (QED) is 0.528. The van der Waals surface area contributed by atoms with Crippen molar-refractivity contribution in [1.82, 2.24) is 20.2 Å². The topological polar surface area (TPSA) is 112 Å². The minimum Gasteiger partial charge on any atom is -0.493 e. The third-order valence-electron chi connectivity index (χ3n) is 5.07. The Morgan fingerprint density at radius 3 is 2.41 bits per heavy atom. The first-order chi connectivity index (χ1) is 15.5. The van der Waals surface area contributed by atoms with Gasteiger partial charge in [0.15, 0.2) is 11.5 Å². The van der Waals surface area contributed by atoms with Crippen LogP contribution in [0, 0.1) is 0 Å². The van der Waals surface area contributed by atoms with Gasteiger partial charge in [0.1, 0.15) is 0 Å². The lowest BCUT2D eigenvalue weighted by Gasteiger charge is -2.11. The van der Waals surface area contributed by atoms with E-state index in [1.807, 2.05) is 0 Å². The fourth-order valence-electron chi connectivity index (χ4n) is 3.26. The Morgan fingerprint density at radius 1 is 1.06 bits per heavy atom. The normalized spacial score (nSPS) is 10.6. The Bertz CT molecular complexity index is 1170. The average molecular weight is 438 g/mol. The SMILES string of the molecule is CNC(=O)c1ccc(CNC(=O)CCCn2cnc3cc(OC)c(OC)cc3c2=O)cc1. The third kappa shape index (κ3) is 5.23. The van der Waals surface area contributed by atoms with Gasteiger partial charge in [-0.2, -0.15) is 0 Å². The number of nitrogens with one attached hydrogen (secondary N) is 2. The highest BCUT2D eigenvalue weighted by Gasteiger charge is 2.11. The molecule has 2 aromatic carbocycles. The molecule has 3 aromatic rings. The molecule has 1 heterocycles. The molecule has 1 aromatic heterocycles. The molecule has 0 bridgehead atoms. The van der Waals surface area contributed by atoms with Gasteiger partial charge < -0.3 is 20.1 Å². The highest BCUT2D eigenvalue weighted by Crippen LogP contribution is 2.29. The molecule has 168 valence electrons. The van der Waals surface area contributed by atoms with Crippen LogP contribution >= 0.6 is 0 Å². The summed E-state index contributed by atoms with van der Waals surface area (Å²) in [6.45, 7) is 0.732. The standard InChI is InChI=1S/C23H26N4O5/c1-24-22(29)16-8-6-15(7-9-16)13-25-21(28)5-4-10-27-14-26-18-12-20(32-3)19(31-2)11-17(18)23(27)30/h6-9,11-12,14H,4-5,10,13H2,1-3H3,(H,24,29)(H,25,28). The van der Waals surface area contributed by atoms with Crippen LogP contribution in [0.2, 0.25) is 0 Å². The molecule has 9 nitrogen and oxygen atoms in total. The van der Waals surface area contributed by atoms with Crippen LogP contribution in [0.4, 0.5) is 0 Å². The summed E-state index contributed by atoms with van der Waals surface area (Å²) in [7, 11) is 4.61. The van der Waals surface area contributed by atoms with Crippen molar-refractivity contribution < 1.29 is 19.1 Å². The average Bonchev–Trinajstić information content (AvgIpc) is 2.83. The van der Waals surface area contributed by atoms with Crippen molar-refractivity contribution in [2.75, 3.05) is 21.3 Å². The zero-order valence-corrected chi connectivity index (χ0v) is 18.3. The molecule has 0 radical (unpaired) electrons. The van der Waals surface area contributed by atoms with E-state index in [4.69, 9.17) is 9.47 Å². The van der Waals surface area contributed by atoms with Crippen LogP contribution in [0.3, 0.4) is 0 Å². The molecule has 0 fully saturated rings. The van der Waals surface area contributed by atoms with Crippen LogP contribution < -0.4 is 25.7 Å². The molecule has 0 aliphatic rings. The van der Waals surface area contributed by atoms with Crippen LogP contribution in [0.25, 0.3) is 10.9 Å². The Morgan fingerprint density at radius 2 is 1.75 bits per heavy atom. The van der Waals surface area contributed by atoms with Gasteiger partial charge in [-0.15, -0.1) is 0 Å². The molecule has 2 amide bonds. The first-order valence-corrected chi connectivity index (χ1v) is 10.2. The molecular weight excluding hydrogens is 412 g/mol. The lowest BCUT2D eigenvalue weighted by Crippen LogP contribution is -2.25. The first-order valence-electron chi connectivity index (χ1n) is 10.2. The number of hydrogen-bond donors (Lipinski definition) is 2. The van der Waals surface area contributed by atoms with E-state index < -0.39 is 0 Å². The molecule has 0 saturated heterocycles. The number of methoxy groups -OCH3 is 2. The zero-order chi connectivity index (χ0) is 23.1. The van der Waals surface area contributed by atoms with Crippen LogP contribution in [0.1, 0.15) is 28.8 Å². The lowest BCUT2D eigenvalue weighted by atomic mass is 10.1. The monoisotopic (exact) mass is 438 g/mol. The molecule has 2 N–H and O–H groups in total. The van der Waals surface area contributed by atoms with Crippen molar-refractivity contribution in [1.29, 1.82) is 0 Å².